The molecule has 0 aliphatic carbocycles. The maximum Gasteiger partial charge on any atom is 0.264 e. The molecule has 0 radical (unpaired) electrons. The second-order valence-electron chi connectivity index (χ2n) is 5.98. The van der Waals surface area contributed by atoms with E-state index in [0.29, 0.717) is 16.8 Å². The van der Waals surface area contributed by atoms with Gasteiger partial charge in [0.2, 0.25) is 0 Å². The van der Waals surface area contributed by atoms with E-state index in [4.69, 9.17) is 17.3 Å². The van der Waals surface area contributed by atoms with Crippen molar-refractivity contribution in [1.82, 2.24) is 4.57 Å². The summed E-state index contributed by atoms with van der Waals surface area (Å²) in [5, 5.41) is 1.79. The van der Waals surface area contributed by atoms with Gasteiger partial charge in [-0.3, -0.25) is 9.36 Å². The summed E-state index contributed by atoms with van der Waals surface area (Å²) in [4.78, 5) is 13.2. The summed E-state index contributed by atoms with van der Waals surface area (Å²) in [5.41, 5.74) is 7.30. The first-order chi connectivity index (χ1) is 11.0. The fourth-order valence-electron chi connectivity index (χ4n) is 2.75. The number of rotatable bonds is 3. The van der Waals surface area contributed by atoms with E-state index in [9.17, 15) is 4.79 Å². The highest BCUT2D eigenvalue weighted by molar-refractivity contribution is 6.35. The number of hydrogen-bond donors (Lipinski definition) is 1. The van der Waals surface area contributed by atoms with Gasteiger partial charge in [-0.15, -0.1) is 0 Å². The van der Waals surface area contributed by atoms with Crippen LogP contribution in [-0.2, 0) is 5.54 Å². The number of aromatic nitrogens is 1. The van der Waals surface area contributed by atoms with Crippen LogP contribution < -0.4 is 11.3 Å². The first-order valence-electron chi connectivity index (χ1n) is 7.65. The molecular formula is C19H19ClN2O. The molecule has 0 fully saturated rings. The Morgan fingerprint density at radius 1 is 1.13 bits per heavy atom. The molecule has 4 heteroatoms. The highest BCUT2D eigenvalue weighted by Gasteiger charge is 2.25. The maximum atomic E-state index is 13.2. The van der Waals surface area contributed by atoms with Crippen molar-refractivity contribution in [2.24, 2.45) is 5.73 Å². The van der Waals surface area contributed by atoms with Gasteiger partial charge in [0, 0.05) is 11.4 Å². The molecule has 3 rings (SSSR count). The van der Waals surface area contributed by atoms with Crippen LogP contribution >= 0.6 is 11.6 Å². The van der Waals surface area contributed by atoms with Crippen molar-refractivity contribution >= 4 is 22.4 Å². The van der Waals surface area contributed by atoms with Crippen LogP contribution in [0.5, 0.6) is 0 Å². The Bertz CT molecular complexity index is 914. The van der Waals surface area contributed by atoms with E-state index in [1.807, 2.05) is 62.4 Å². The molecule has 118 valence electrons. The molecule has 3 nitrogen and oxygen atoms in total. The summed E-state index contributed by atoms with van der Waals surface area (Å²) in [6.45, 7) is 3.96. The minimum atomic E-state index is -0.620. The van der Waals surface area contributed by atoms with Crippen LogP contribution in [0.25, 0.3) is 16.5 Å². The van der Waals surface area contributed by atoms with Crippen molar-refractivity contribution in [1.29, 1.82) is 0 Å². The topological polar surface area (TPSA) is 48.0 Å². The quantitative estimate of drug-likeness (QED) is 0.783. The van der Waals surface area contributed by atoms with Gasteiger partial charge in [0.1, 0.15) is 0 Å². The molecule has 3 aromatic rings. The zero-order chi connectivity index (χ0) is 16.6. The lowest BCUT2D eigenvalue weighted by atomic mass is 9.93. The number of hydrogen-bond acceptors (Lipinski definition) is 2. The van der Waals surface area contributed by atoms with Gasteiger partial charge >= 0.3 is 0 Å². The lowest BCUT2D eigenvalue weighted by Crippen LogP contribution is -2.38. The zero-order valence-corrected chi connectivity index (χ0v) is 14.0. The van der Waals surface area contributed by atoms with Crippen molar-refractivity contribution in [2.75, 3.05) is 0 Å². The molecule has 0 aliphatic heterocycles. The van der Waals surface area contributed by atoms with E-state index < -0.39 is 5.54 Å². The average molecular weight is 327 g/mol. The van der Waals surface area contributed by atoms with Crippen LogP contribution in [0.4, 0.5) is 0 Å². The van der Waals surface area contributed by atoms with Crippen molar-refractivity contribution < 1.29 is 0 Å². The van der Waals surface area contributed by atoms with Gasteiger partial charge in [-0.05, 0) is 43.0 Å². The number of para-hydroxylation sites is 1. The predicted molar refractivity (Wildman–Crippen MR) is 96.4 cm³/mol. The third-order valence-corrected chi connectivity index (χ3v) is 4.64. The van der Waals surface area contributed by atoms with Crippen LogP contribution in [0.2, 0.25) is 5.02 Å². The van der Waals surface area contributed by atoms with Crippen LogP contribution in [0.15, 0.2) is 59.4 Å². The highest BCUT2D eigenvalue weighted by atomic mass is 35.5. The molecule has 0 bridgehead atoms. The van der Waals surface area contributed by atoms with Gasteiger partial charge < -0.3 is 5.73 Å². The second kappa shape index (κ2) is 5.84. The van der Waals surface area contributed by atoms with Crippen LogP contribution in [-0.4, -0.2) is 4.57 Å². The summed E-state index contributed by atoms with van der Waals surface area (Å²) < 4.78 is 1.68. The van der Waals surface area contributed by atoms with E-state index >= 15 is 0 Å². The van der Waals surface area contributed by atoms with E-state index in [0.717, 1.165) is 16.8 Å². The maximum absolute atomic E-state index is 13.2. The first-order valence-corrected chi connectivity index (χ1v) is 8.02. The standard InChI is InChI=1S/C19H19ClN2O/c1-3-19(2,21)16-12-13-8-7-11-15(20)17(13)18(23)22(16)14-9-5-4-6-10-14/h4-12H,3,21H2,1-2H3. The third-order valence-electron chi connectivity index (χ3n) is 4.33. The van der Waals surface area contributed by atoms with Crippen molar-refractivity contribution in [2.45, 2.75) is 25.8 Å². The third kappa shape index (κ3) is 2.67. The summed E-state index contributed by atoms with van der Waals surface area (Å²) in [5.74, 6) is 0. The lowest BCUT2D eigenvalue weighted by Gasteiger charge is -2.28. The molecule has 0 aliphatic rings. The molecule has 1 heterocycles. The Morgan fingerprint density at radius 2 is 1.83 bits per heavy atom. The molecule has 0 saturated heterocycles. The van der Waals surface area contributed by atoms with Gasteiger partial charge in [-0.1, -0.05) is 48.9 Å². The molecule has 2 aromatic carbocycles. The Balaban J connectivity index is 2.49. The van der Waals surface area contributed by atoms with Crippen molar-refractivity contribution in [3.8, 4) is 5.69 Å². The van der Waals surface area contributed by atoms with Crippen molar-refractivity contribution in [3.05, 3.63) is 75.7 Å². The number of benzene rings is 2. The normalized spacial score (nSPS) is 13.9. The molecule has 0 spiro atoms. The van der Waals surface area contributed by atoms with Gasteiger partial charge in [0.05, 0.1) is 15.9 Å². The monoisotopic (exact) mass is 326 g/mol. The first kappa shape index (κ1) is 15.8. The summed E-state index contributed by atoms with van der Waals surface area (Å²) in [6.07, 6.45) is 0.714. The van der Waals surface area contributed by atoms with Crippen LogP contribution in [0, 0.1) is 0 Å². The zero-order valence-electron chi connectivity index (χ0n) is 13.2. The van der Waals surface area contributed by atoms with Gasteiger partial charge in [-0.2, -0.15) is 0 Å². The molecule has 0 saturated carbocycles. The minimum absolute atomic E-state index is 0.139. The van der Waals surface area contributed by atoms with Crippen molar-refractivity contribution in [3.63, 3.8) is 0 Å². The Kier molecular flexibility index (Phi) is 4.00. The van der Waals surface area contributed by atoms with Gasteiger partial charge in [0.15, 0.2) is 0 Å². The molecular weight excluding hydrogens is 308 g/mol. The van der Waals surface area contributed by atoms with E-state index in [1.54, 1.807) is 10.6 Å². The molecule has 1 unspecified atom stereocenters. The number of nitrogens with zero attached hydrogens (tertiary/aromatic N) is 1. The fourth-order valence-corrected chi connectivity index (χ4v) is 3.02. The molecule has 23 heavy (non-hydrogen) atoms. The Hall–Kier alpha value is -2.10. The fraction of sp³-hybridized carbons (Fsp3) is 0.211. The van der Waals surface area contributed by atoms with Gasteiger partial charge in [0.25, 0.3) is 5.56 Å². The predicted octanol–water partition coefficient (Wildman–Crippen LogP) is 4.23. The SMILES string of the molecule is CCC(C)(N)c1cc2cccc(Cl)c2c(=O)n1-c1ccccc1. The van der Waals surface area contributed by atoms with Gasteiger partial charge in [-0.25, -0.2) is 0 Å². The summed E-state index contributed by atoms with van der Waals surface area (Å²) in [7, 11) is 0. The number of nitrogens with two attached hydrogens (primary N) is 1. The van der Waals surface area contributed by atoms with Crippen LogP contribution in [0.3, 0.4) is 0 Å². The number of pyridine rings is 1. The smallest absolute Gasteiger partial charge is 0.264 e. The molecule has 0 amide bonds. The van der Waals surface area contributed by atoms with E-state index in [-0.39, 0.29) is 5.56 Å². The molecule has 1 atom stereocenters. The average Bonchev–Trinajstić information content (AvgIpc) is 2.55. The Morgan fingerprint density at radius 3 is 2.48 bits per heavy atom. The summed E-state index contributed by atoms with van der Waals surface area (Å²) in [6, 6.07) is 17.0. The molecule has 1 aromatic heterocycles. The summed E-state index contributed by atoms with van der Waals surface area (Å²) >= 11 is 6.28. The highest BCUT2D eigenvalue weighted by Crippen LogP contribution is 2.28. The van der Waals surface area contributed by atoms with E-state index in [1.165, 1.54) is 0 Å². The minimum Gasteiger partial charge on any atom is -0.320 e. The second-order valence-corrected chi connectivity index (χ2v) is 6.39. The van der Waals surface area contributed by atoms with Crippen LogP contribution in [0.1, 0.15) is 26.0 Å². The largest absolute Gasteiger partial charge is 0.320 e. The number of fused-ring (bicyclic) bond motifs is 1. The Labute approximate surface area is 140 Å². The number of halogens is 1. The van der Waals surface area contributed by atoms with E-state index in [2.05, 4.69) is 0 Å². The molecule has 2 N–H and O–H groups in total. The lowest BCUT2D eigenvalue weighted by molar-refractivity contribution is 0.450.